The number of hydrogen-bond donors (Lipinski definition) is 1. The third-order valence-corrected chi connectivity index (χ3v) is 4.06. The Morgan fingerprint density at radius 2 is 1.67 bits per heavy atom. The Hall–Kier alpha value is -0.440. The van der Waals surface area contributed by atoms with Crippen LogP contribution in [0, 0.1) is 0 Å². The molecule has 0 atom stereocenters. The fraction of sp³-hybridized carbons (Fsp3) is 0.647. The predicted molar refractivity (Wildman–Crippen MR) is 93.0 cm³/mol. The van der Waals surface area contributed by atoms with Gasteiger partial charge in [-0.2, -0.15) is 0 Å². The summed E-state index contributed by atoms with van der Waals surface area (Å²) in [5.41, 5.74) is 1.13. The van der Waals surface area contributed by atoms with Gasteiger partial charge < -0.3 is 10.1 Å². The SMILES string of the molecule is CCOc1cc(Cl)c(C(C)(C)CCNC(C)(C)C)cc1Cl. The van der Waals surface area contributed by atoms with Gasteiger partial charge in [-0.05, 0) is 57.7 Å². The highest BCUT2D eigenvalue weighted by Gasteiger charge is 2.25. The summed E-state index contributed by atoms with van der Waals surface area (Å²) >= 11 is 12.7. The standard InChI is InChI=1S/C17H27Cl2NO/c1-7-21-15-11-13(18)12(10-14(15)19)17(5,6)8-9-20-16(2,3)4/h10-11,20H,7-9H2,1-6H3. The molecule has 0 fully saturated rings. The molecule has 0 spiro atoms. The first-order valence-electron chi connectivity index (χ1n) is 7.44. The fourth-order valence-electron chi connectivity index (χ4n) is 2.20. The van der Waals surface area contributed by atoms with E-state index in [1.54, 1.807) is 0 Å². The van der Waals surface area contributed by atoms with Gasteiger partial charge in [0.15, 0.2) is 0 Å². The van der Waals surface area contributed by atoms with Gasteiger partial charge in [-0.25, -0.2) is 0 Å². The molecule has 0 bridgehead atoms. The van der Waals surface area contributed by atoms with Crippen LogP contribution in [0.5, 0.6) is 5.75 Å². The van der Waals surface area contributed by atoms with E-state index in [0.717, 1.165) is 18.5 Å². The van der Waals surface area contributed by atoms with Crippen molar-refractivity contribution in [1.82, 2.24) is 5.32 Å². The van der Waals surface area contributed by atoms with Gasteiger partial charge >= 0.3 is 0 Å². The minimum atomic E-state index is -0.0519. The molecular formula is C17H27Cl2NO. The molecule has 0 heterocycles. The zero-order valence-corrected chi connectivity index (χ0v) is 15.5. The quantitative estimate of drug-likeness (QED) is 0.748. The summed E-state index contributed by atoms with van der Waals surface area (Å²) < 4.78 is 5.48. The third-order valence-electron chi connectivity index (χ3n) is 3.46. The fourth-order valence-corrected chi connectivity index (χ4v) is 2.83. The van der Waals surface area contributed by atoms with Crippen LogP contribution in [-0.4, -0.2) is 18.7 Å². The summed E-state index contributed by atoms with van der Waals surface area (Å²) in [5, 5.41) is 4.84. The van der Waals surface area contributed by atoms with Crippen molar-refractivity contribution in [1.29, 1.82) is 0 Å². The zero-order chi connectivity index (χ0) is 16.3. The zero-order valence-electron chi connectivity index (χ0n) is 13.9. The molecule has 0 saturated heterocycles. The highest BCUT2D eigenvalue weighted by molar-refractivity contribution is 6.34. The van der Waals surface area contributed by atoms with Crippen molar-refractivity contribution < 1.29 is 4.74 Å². The number of halogens is 2. The van der Waals surface area contributed by atoms with Crippen molar-refractivity contribution in [2.75, 3.05) is 13.2 Å². The van der Waals surface area contributed by atoms with E-state index in [4.69, 9.17) is 27.9 Å². The largest absolute Gasteiger partial charge is 0.492 e. The summed E-state index contributed by atoms with van der Waals surface area (Å²) in [6, 6.07) is 3.76. The number of hydrogen-bond acceptors (Lipinski definition) is 2. The molecule has 120 valence electrons. The van der Waals surface area contributed by atoms with Crippen LogP contribution in [0.1, 0.15) is 53.5 Å². The molecule has 1 aromatic carbocycles. The van der Waals surface area contributed by atoms with Gasteiger partial charge in [0.2, 0.25) is 0 Å². The second-order valence-corrected chi connectivity index (χ2v) is 7.82. The number of rotatable bonds is 6. The molecule has 2 nitrogen and oxygen atoms in total. The highest BCUT2D eigenvalue weighted by atomic mass is 35.5. The average Bonchev–Trinajstić information content (AvgIpc) is 2.31. The van der Waals surface area contributed by atoms with Crippen molar-refractivity contribution in [3.8, 4) is 5.75 Å². The third kappa shape index (κ3) is 5.69. The molecule has 1 aromatic rings. The summed E-state index contributed by atoms with van der Waals surface area (Å²) in [5.74, 6) is 0.650. The summed E-state index contributed by atoms with van der Waals surface area (Å²) in [6.07, 6.45) is 0.980. The van der Waals surface area contributed by atoms with Gasteiger partial charge in [-0.1, -0.05) is 37.0 Å². The minimum Gasteiger partial charge on any atom is -0.492 e. The first-order chi connectivity index (χ1) is 9.57. The Kier molecular flexibility index (Phi) is 6.39. The summed E-state index contributed by atoms with van der Waals surface area (Å²) in [7, 11) is 0. The van der Waals surface area contributed by atoms with E-state index in [1.165, 1.54) is 0 Å². The molecule has 1 N–H and O–H groups in total. The lowest BCUT2D eigenvalue weighted by Gasteiger charge is -2.29. The first-order valence-corrected chi connectivity index (χ1v) is 8.20. The van der Waals surface area contributed by atoms with Crippen LogP contribution in [0.2, 0.25) is 10.0 Å². The summed E-state index contributed by atoms with van der Waals surface area (Å²) in [6.45, 7) is 14.3. The van der Waals surface area contributed by atoms with E-state index in [1.807, 2.05) is 19.1 Å². The van der Waals surface area contributed by atoms with E-state index in [-0.39, 0.29) is 11.0 Å². The topological polar surface area (TPSA) is 21.3 Å². The lowest BCUT2D eigenvalue weighted by Crippen LogP contribution is -2.38. The van der Waals surface area contributed by atoms with Crippen molar-refractivity contribution >= 4 is 23.2 Å². The molecule has 1 rings (SSSR count). The lowest BCUT2D eigenvalue weighted by molar-refractivity contribution is 0.340. The second-order valence-electron chi connectivity index (χ2n) is 7.01. The smallest absolute Gasteiger partial charge is 0.139 e. The normalized spacial score (nSPS) is 12.6. The van der Waals surface area contributed by atoms with Crippen LogP contribution in [-0.2, 0) is 5.41 Å². The molecule has 4 heteroatoms. The van der Waals surface area contributed by atoms with E-state index in [2.05, 4.69) is 39.9 Å². The van der Waals surface area contributed by atoms with Crippen molar-refractivity contribution in [3.63, 3.8) is 0 Å². The van der Waals surface area contributed by atoms with Crippen molar-refractivity contribution in [2.24, 2.45) is 0 Å². The van der Waals surface area contributed by atoms with Crippen LogP contribution in [0.15, 0.2) is 12.1 Å². The molecule has 0 aliphatic rings. The van der Waals surface area contributed by atoms with Gasteiger partial charge in [0.25, 0.3) is 0 Å². The van der Waals surface area contributed by atoms with Crippen LogP contribution in [0.25, 0.3) is 0 Å². The monoisotopic (exact) mass is 331 g/mol. The molecule has 0 aromatic heterocycles. The molecule has 0 aliphatic carbocycles. The second kappa shape index (κ2) is 7.21. The molecule has 0 radical (unpaired) electrons. The van der Waals surface area contributed by atoms with Crippen molar-refractivity contribution in [2.45, 2.75) is 58.9 Å². The highest BCUT2D eigenvalue weighted by Crippen LogP contribution is 2.38. The number of ether oxygens (including phenoxy) is 1. The molecule has 21 heavy (non-hydrogen) atoms. The van der Waals surface area contributed by atoms with Crippen molar-refractivity contribution in [3.05, 3.63) is 27.7 Å². The van der Waals surface area contributed by atoms with Gasteiger partial charge in [0.05, 0.1) is 11.6 Å². The Balaban J connectivity index is 2.90. The minimum absolute atomic E-state index is 0.0519. The molecule has 0 saturated carbocycles. The van der Waals surface area contributed by atoms with Crippen LogP contribution in [0.4, 0.5) is 0 Å². The average molecular weight is 332 g/mol. The molecule has 0 amide bonds. The van der Waals surface area contributed by atoms with Crippen LogP contribution >= 0.6 is 23.2 Å². The molecular weight excluding hydrogens is 305 g/mol. The van der Waals surface area contributed by atoms with Crippen LogP contribution < -0.4 is 10.1 Å². The lowest BCUT2D eigenvalue weighted by atomic mass is 9.81. The van der Waals surface area contributed by atoms with Gasteiger partial charge in [-0.15, -0.1) is 0 Å². The maximum absolute atomic E-state index is 6.43. The summed E-state index contributed by atoms with van der Waals surface area (Å²) in [4.78, 5) is 0. The molecule has 0 unspecified atom stereocenters. The van der Waals surface area contributed by atoms with E-state index in [0.29, 0.717) is 22.4 Å². The van der Waals surface area contributed by atoms with Crippen LogP contribution in [0.3, 0.4) is 0 Å². The Bertz CT molecular complexity index is 478. The van der Waals surface area contributed by atoms with Gasteiger partial charge in [0.1, 0.15) is 5.75 Å². The van der Waals surface area contributed by atoms with E-state index in [9.17, 15) is 0 Å². The number of nitrogens with one attached hydrogen (secondary N) is 1. The maximum atomic E-state index is 6.43. The predicted octanol–water partition coefficient (Wildman–Crippen LogP) is 5.45. The number of benzene rings is 1. The maximum Gasteiger partial charge on any atom is 0.139 e. The Morgan fingerprint density at radius 3 is 2.19 bits per heavy atom. The Morgan fingerprint density at radius 1 is 1.05 bits per heavy atom. The van der Waals surface area contributed by atoms with E-state index < -0.39 is 0 Å². The van der Waals surface area contributed by atoms with E-state index >= 15 is 0 Å². The Labute approximate surface area is 139 Å². The van der Waals surface area contributed by atoms with Gasteiger partial charge in [0, 0.05) is 16.6 Å². The van der Waals surface area contributed by atoms with Gasteiger partial charge in [-0.3, -0.25) is 0 Å². The first kappa shape index (κ1) is 18.6. The molecule has 0 aliphatic heterocycles.